The molecule has 72 valence electrons. The van der Waals surface area contributed by atoms with E-state index in [1.807, 2.05) is 0 Å². The smallest absolute Gasteiger partial charge is 0.0798 e. The predicted molar refractivity (Wildman–Crippen MR) is 50.1 cm³/mol. The minimum Gasteiger partial charge on any atom is -0.388 e. The van der Waals surface area contributed by atoms with Crippen LogP contribution in [0.4, 0.5) is 0 Å². The lowest BCUT2D eigenvalue weighted by Crippen LogP contribution is -2.48. The number of rotatable bonds is 1. The molecule has 0 aromatic heterocycles. The summed E-state index contributed by atoms with van der Waals surface area (Å²) in [7, 11) is 0. The van der Waals surface area contributed by atoms with Crippen molar-refractivity contribution in [2.45, 2.75) is 31.4 Å². The number of halogens is 2. The van der Waals surface area contributed by atoms with Gasteiger partial charge in [0.05, 0.1) is 11.6 Å². The first kappa shape index (κ1) is 10.5. The van der Waals surface area contributed by atoms with E-state index in [-0.39, 0.29) is 6.04 Å². The van der Waals surface area contributed by atoms with Crippen LogP contribution in [0.15, 0.2) is 0 Å². The number of aliphatic hydroxyl groups is 1. The molecule has 0 aromatic rings. The van der Waals surface area contributed by atoms with E-state index >= 15 is 0 Å². The predicted octanol–water partition coefficient (Wildman–Crippen LogP) is 1.10. The summed E-state index contributed by atoms with van der Waals surface area (Å²) in [6, 6.07) is -0.167. The summed E-state index contributed by atoms with van der Waals surface area (Å²) in [6.07, 6.45) is 1.62. The molecular formula is C7H14Cl2N2O. The Morgan fingerprint density at radius 1 is 1.67 bits per heavy atom. The van der Waals surface area contributed by atoms with Crippen molar-refractivity contribution >= 4 is 23.6 Å². The quantitative estimate of drug-likeness (QED) is 0.640. The Balaban J connectivity index is 2.63. The van der Waals surface area contributed by atoms with Crippen molar-refractivity contribution in [3.05, 3.63) is 0 Å². The number of hydrogen-bond acceptors (Lipinski definition) is 3. The summed E-state index contributed by atoms with van der Waals surface area (Å²) >= 11 is 11.4. The van der Waals surface area contributed by atoms with Crippen LogP contribution in [0, 0.1) is 0 Å². The molecular weight excluding hydrogens is 199 g/mol. The van der Waals surface area contributed by atoms with Crippen LogP contribution in [0.25, 0.3) is 0 Å². The van der Waals surface area contributed by atoms with Gasteiger partial charge in [-0.2, -0.15) is 0 Å². The van der Waals surface area contributed by atoms with E-state index in [1.165, 1.54) is 0 Å². The molecule has 0 aliphatic carbocycles. The van der Waals surface area contributed by atoms with Gasteiger partial charge in [0.15, 0.2) is 0 Å². The van der Waals surface area contributed by atoms with Crippen LogP contribution in [-0.2, 0) is 0 Å². The monoisotopic (exact) mass is 212 g/mol. The van der Waals surface area contributed by atoms with Crippen LogP contribution in [-0.4, -0.2) is 34.3 Å². The van der Waals surface area contributed by atoms with Gasteiger partial charge in [0.2, 0.25) is 0 Å². The molecule has 0 aromatic carbocycles. The lowest BCUT2D eigenvalue weighted by atomic mass is 9.93. The largest absolute Gasteiger partial charge is 0.388 e. The van der Waals surface area contributed by atoms with E-state index in [9.17, 15) is 5.11 Å². The fourth-order valence-electron chi connectivity index (χ4n) is 1.42. The van der Waals surface area contributed by atoms with Crippen molar-refractivity contribution in [1.82, 2.24) is 9.25 Å². The molecule has 1 rings (SSSR count). The first-order valence-corrected chi connectivity index (χ1v) is 4.77. The molecule has 1 aliphatic heterocycles. The van der Waals surface area contributed by atoms with Gasteiger partial charge < -0.3 is 5.11 Å². The van der Waals surface area contributed by atoms with E-state index in [0.717, 1.165) is 19.4 Å². The van der Waals surface area contributed by atoms with Gasteiger partial charge in [0, 0.05) is 13.1 Å². The normalized spacial score (nSPS) is 39.5. The second-order valence-electron chi connectivity index (χ2n) is 3.49. The Labute approximate surface area is 82.9 Å². The third-order valence-corrected chi connectivity index (χ3v) is 2.92. The average Bonchev–Trinajstić information content (AvgIpc) is 2.10. The van der Waals surface area contributed by atoms with Gasteiger partial charge in [0.1, 0.15) is 0 Å². The summed E-state index contributed by atoms with van der Waals surface area (Å²) < 4.78 is 1.65. The fourth-order valence-corrected chi connectivity index (χ4v) is 1.98. The number of nitrogens with zero attached hydrogens (tertiary/aromatic N) is 1. The van der Waals surface area contributed by atoms with Crippen molar-refractivity contribution in [2.24, 2.45) is 0 Å². The lowest BCUT2D eigenvalue weighted by molar-refractivity contribution is 0.0231. The molecule has 3 nitrogen and oxygen atoms in total. The fraction of sp³-hybridized carbons (Fsp3) is 1.00. The molecule has 1 heterocycles. The van der Waals surface area contributed by atoms with E-state index < -0.39 is 5.60 Å². The summed E-state index contributed by atoms with van der Waals surface area (Å²) in [5, 5.41) is 9.90. The molecule has 2 atom stereocenters. The maximum Gasteiger partial charge on any atom is 0.0798 e. The van der Waals surface area contributed by atoms with Gasteiger partial charge in [-0.1, -0.05) is 0 Å². The zero-order valence-corrected chi connectivity index (χ0v) is 8.57. The van der Waals surface area contributed by atoms with Gasteiger partial charge in [-0.05, 0) is 43.3 Å². The molecule has 0 saturated carbocycles. The van der Waals surface area contributed by atoms with Crippen molar-refractivity contribution in [3.63, 3.8) is 0 Å². The van der Waals surface area contributed by atoms with Gasteiger partial charge in [-0.3, -0.25) is 0 Å². The molecule has 0 radical (unpaired) electrons. The minimum atomic E-state index is -0.759. The zero-order valence-electron chi connectivity index (χ0n) is 7.06. The van der Waals surface area contributed by atoms with Crippen LogP contribution in [0.1, 0.15) is 19.8 Å². The summed E-state index contributed by atoms with van der Waals surface area (Å²) in [4.78, 5) is 2.56. The Morgan fingerprint density at radius 2 is 2.33 bits per heavy atom. The Morgan fingerprint density at radius 3 is 2.92 bits per heavy atom. The maximum atomic E-state index is 9.90. The van der Waals surface area contributed by atoms with E-state index in [2.05, 4.69) is 4.84 Å². The van der Waals surface area contributed by atoms with Crippen LogP contribution in [0.2, 0.25) is 0 Å². The SMILES string of the molecule is C[C@@]1(O)CCCN(Cl)C[C@@H]1NCl. The number of hydrogen-bond donors (Lipinski definition) is 2. The minimum absolute atomic E-state index is 0.167. The van der Waals surface area contributed by atoms with Crippen LogP contribution in [0.3, 0.4) is 0 Å². The van der Waals surface area contributed by atoms with Crippen molar-refractivity contribution in [1.29, 1.82) is 0 Å². The second kappa shape index (κ2) is 4.11. The maximum absolute atomic E-state index is 9.90. The Hall–Kier alpha value is 0.460. The molecule has 0 amide bonds. The molecule has 5 heteroatoms. The highest BCUT2D eigenvalue weighted by Crippen LogP contribution is 2.23. The molecule has 12 heavy (non-hydrogen) atoms. The number of nitrogens with one attached hydrogen (secondary N) is 1. The molecule has 2 N–H and O–H groups in total. The third-order valence-electron chi connectivity index (χ3n) is 2.35. The van der Waals surface area contributed by atoms with E-state index in [4.69, 9.17) is 23.6 Å². The first-order chi connectivity index (χ1) is 5.56. The van der Waals surface area contributed by atoms with Crippen LogP contribution in [0.5, 0.6) is 0 Å². The molecule has 1 aliphatic rings. The van der Waals surface area contributed by atoms with Crippen LogP contribution < -0.4 is 4.84 Å². The highest BCUT2D eigenvalue weighted by atomic mass is 35.5. The topological polar surface area (TPSA) is 35.5 Å². The highest BCUT2D eigenvalue weighted by molar-refractivity contribution is 6.14. The summed E-state index contributed by atoms with van der Waals surface area (Å²) in [6.45, 7) is 3.15. The Kier molecular flexibility index (Phi) is 3.61. The molecule has 0 bridgehead atoms. The standard InChI is InChI=1S/C7H14Cl2N2O/c1-7(12)3-2-4-11(9)5-6(7)10-8/h6,10,12H,2-5H2,1H3/t6-,7+/m0/s1. The average molecular weight is 213 g/mol. The van der Waals surface area contributed by atoms with Gasteiger partial charge in [-0.25, -0.2) is 9.25 Å². The summed E-state index contributed by atoms with van der Waals surface area (Å²) in [5.74, 6) is 0. The lowest BCUT2D eigenvalue weighted by Gasteiger charge is -2.29. The van der Waals surface area contributed by atoms with Gasteiger partial charge in [0.25, 0.3) is 0 Å². The van der Waals surface area contributed by atoms with E-state index in [0.29, 0.717) is 6.54 Å². The highest BCUT2D eigenvalue weighted by Gasteiger charge is 2.34. The Bertz CT molecular complexity index is 154. The van der Waals surface area contributed by atoms with Gasteiger partial charge in [-0.15, -0.1) is 0 Å². The van der Waals surface area contributed by atoms with Crippen molar-refractivity contribution in [2.75, 3.05) is 13.1 Å². The first-order valence-electron chi connectivity index (χ1n) is 4.05. The summed E-state index contributed by atoms with van der Waals surface area (Å²) in [5.41, 5.74) is -0.759. The molecule has 0 unspecified atom stereocenters. The zero-order chi connectivity index (χ0) is 9.19. The van der Waals surface area contributed by atoms with Crippen molar-refractivity contribution in [3.8, 4) is 0 Å². The van der Waals surface area contributed by atoms with E-state index in [1.54, 1.807) is 11.3 Å². The van der Waals surface area contributed by atoms with Crippen LogP contribution >= 0.6 is 23.6 Å². The van der Waals surface area contributed by atoms with Crippen molar-refractivity contribution < 1.29 is 5.11 Å². The molecule has 0 spiro atoms. The third kappa shape index (κ3) is 2.47. The second-order valence-corrected chi connectivity index (χ2v) is 4.19. The van der Waals surface area contributed by atoms with Gasteiger partial charge >= 0.3 is 0 Å². The molecule has 1 saturated heterocycles. The molecule has 1 fully saturated rings.